The number of ketones is 1. The van der Waals surface area contributed by atoms with E-state index < -0.39 is 0 Å². The standard InChI is InChI=1S/C25H32Br2N4O3/c1-5-8-10-21-22(31-16-18(33-4)15-28-25(31)29-21)23(32)17-13-19(26)24(20(27)14-17)34-12-9-11-30(6-2)7-3/h13-16H,5-12H2,1-4H3. The van der Waals surface area contributed by atoms with E-state index >= 15 is 0 Å². The molecule has 0 N–H and O–H groups in total. The molecular formula is C25H32Br2N4O3. The molecule has 0 fully saturated rings. The summed E-state index contributed by atoms with van der Waals surface area (Å²) in [6.07, 6.45) is 6.96. The third-order valence-electron chi connectivity index (χ3n) is 5.77. The number of rotatable bonds is 13. The summed E-state index contributed by atoms with van der Waals surface area (Å²) < 4.78 is 14.5. The SMILES string of the molecule is CCCCc1nc2ncc(OC)cn2c1C(=O)c1cc(Br)c(OCCCN(CC)CC)c(Br)c1. The van der Waals surface area contributed by atoms with Crippen molar-refractivity contribution in [3.05, 3.63) is 50.4 Å². The van der Waals surface area contributed by atoms with Crippen molar-refractivity contribution in [3.63, 3.8) is 0 Å². The van der Waals surface area contributed by atoms with Crippen LogP contribution in [0, 0.1) is 0 Å². The van der Waals surface area contributed by atoms with Crippen molar-refractivity contribution >= 4 is 43.4 Å². The number of hydrogen-bond donors (Lipinski definition) is 0. The monoisotopic (exact) mass is 594 g/mol. The van der Waals surface area contributed by atoms with Crippen LogP contribution in [0.1, 0.15) is 61.8 Å². The lowest BCUT2D eigenvalue weighted by molar-refractivity contribution is 0.103. The average Bonchev–Trinajstić information content (AvgIpc) is 3.20. The molecule has 3 rings (SSSR count). The molecule has 34 heavy (non-hydrogen) atoms. The third-order valence-corrected chi connectivity index (χ3v) is 6.94. The second kappa shape index (κ2) is 12.7. The van der Waals surface area contributed by atoms with Gasteiger partial charge in [-0.25, -0.2) is 9.97 Å². The van der Waals surface area contributed by atoms with E-state index in [4.69, 9.17) is 9.47 Å². The molecule has 0 atom stereocenters. The number of carbonyl (C=O) groups excluding carboxylic acids is 1. The number of unbranched alkanes of at least 4 members (excludes halogenated alkanes) is 1. The third kappa shape index (κ3) is 6.17. The zero-order chi connectivity index (χ0) is 24.7. The van der Waals surface area contributed by atoms with Crippen LogP contribution in [0.25, 0.3) is 5.78 Å². The van der Waals surface area contributed by atoms with Gasteiger partial charge in [0.15, 0.2) is 5.75 Å². The first-order chi connectivity index (χ1) is 16.4. The van der Waals surface area contributed by atoms with Crippen molar-refractivity contribution in [2.75, 3.05) is 33.4 Å². The maximum absolute atomic E-state index is 13.7. The van der Waals surface area contributed by atoms with E-state index in [1.165, 1.54) is 0 Å². The Morgan fingerprint density at radius 2 is 1.82 bits per heavy atom. The minimum Gasteiger partial charge on any atom is -0.494 e. The molecule has 0 aliphatic rings. The second-order valence-corrected chi connectivity index (χ2v) is 9.71. The van der Waals surface area contributed by atoms with Crippen LogP contribution in [-0.2, 0) is 6.42 Å². The molecule has 0 unspecified atom stereocenters. The largest absolute Gasteiger partial charge is 0.494 e. The lowest BCUT2D eigenvalue weighted by Gasteiger charge is -2.18. The van der Waals surface area contributed by atoms with Crippen LogP contribution in [0.5, 0.6) is 11.5 Å². The number of aromatic nitrogens is 3. The topological polar surface area (TPSA) is 69.0 Å². The summed E-state index contributed by atoms with van der Waals surface area (Å²) in [5.74, 6) is 1.63. The van der Waals surface area contributed by atoms with Gasteiger partial charge in [0.1, 0.15) is 11.4 Å². The molecule has 0 aliphatic carbocycles. The van der Waals surface area contributed by atoms with Crippen LogP contribution in [0.2, 0.25) is 0 Å². The lowest BCUT2D eigenvalue weighted by Crippen LogP contribution is -2.25. The van der Waals surface area contributed by atoms with Crippen LogP contribution in [0.15, 0.2) is 33.5 Å². The smallest absolute Gasteiger partial charge is 0.234 e. The molecule has 0 saturated carbocycles. The maximum Gasteiger partial charge on any atom is 0.234 e. The van der Waals surface area contributed by atoms with Gasteiger partial charge in [-0.2, -0.15) is 0 Å². The first kappa shape index (κ1) is 26.6. The van der Waals surface area contributed by atoms with E-state index in [9.17, 15) is 4.79 Å². The molecular weight excluding hydrogens is 564 g/mol. The van der Waals surface area contributed by atoms with Crippen molar-refractivity contribution in [2.45, 2.75) is 46.5 Å². The molecule has 2 aromatic heterocycles. The number of nitrogens with zero attached hydrogens (tertiary/aromatic N) is 4. The van der Waals surface area contributed by atoms with Gasteiger partial charge in [0.2, 0.25) is 11.6 Å². The number of aryl methyl sites for hydroxylation is 1. The Bertz CT molecular complexity index is 1110. The number of hydrogen-bond acceptors (Lipinski definition) is 6. The van der Waals surface area contributed by atoms with Crippen molar-refractivity contribution in [1.29, 1.82) is 0 Å². The van der Waals surface area contributed by atoms with Gasteiger partial charge in [-0.15, -0.1) is 0 Å². The number of methoxy groups -OCH3 is 1. The van der Waals surface area contributed by atoms with Crippen molar-refractivity contribution in [1.82, 2.24) is 19.3 Å². The number of halogens is 2. The Morgan fingerprint density at radius 1 is 1.12 bits per heavy atom. The van der Waals surface area contributed by atoms with Gasteiger partial charge in [0.25, 0.3) is 0 Å². The Labute approximate surface area is 218 Å². The molecule has 0 spiro atoms. The highest BCUT2D eigenvalue weighted by Gasteiger charge is 2.23. The van der Waals surface area contributed by atoms with E-state index in [0.717, 1.165) is 53.5 Å². The fourth-order valence-corrected chi connectivity index (χ4v) is 5.21. The van der Waals surface area contributed by atoms with Gasteiger partial charge < -0.3 is 14.4 Å². The van der Waals surface area contributed by atoms with Crippen LogP contribution < -0.4 is 9.47 Å². The molecule has 0 bridgehead atoms. The van der Waals surface area contributed by atoms with Crippen LogP contribution in [-0.4, -0.2) is 58.4 Å². The Morgan fingerprint density at radius 3 is 2.44 bits per heavy atom. The molecule has 1 aromatic carbocycles. The van der Waals surface area contributed by atoms with Gasteiger partial charge in [0, 0.05) is 12.1 Å². The summed E-state index contributed by atoms with van der Waals surface area (Å²) in [5, 5.41) is 0. The van der Waals surface area contributed by atoms with Gasteiger partial charge in [-0.1, -0.05) is 27.2 Å². The molecule has 0 amide bonds. The zero-order valence-electron chi connectivity index (χ0n) is 20.2. The average molecular weight is 596 g/mol. The quantitative estimate of drug-likeness (QED) is 0.180. The number of benzene rings is 1. The normalized spacial score (nSPS) is 11.4. The number of fused-ring (bicyclic) bond motifs is 1. The van der Waals surface area contributed by atoms with Crippen molar-refractivity contribution < 1.29 is 14.3 Å². The number of imidazole rings is 1. The summed E-state index contributed by atoms with van der Waals surface area (Å²) in [7, 11) is 1.58. The van der Waals surface area contributed by atoms with Crippen LogP contribution in [0.4, 0.5) is 0 Å². The molecule has 0 radical (unpaired) electrons. The minimum atomic E-state index is -0.122. The minimum absolute atomic E-state index is 0.122. The molecule has 184 valence electrons. The van der Waals surface area contributed by atoms with Gasteiger partial charge in [-0.3, -0.25) is 9.20 Å². The van der Waals surface area contributed by atoms with E-state index in [1.807, 2.05) is 12.1 Å². The highest BCUT2D eigenvalue weighted by atomic mass is 79.9. The van der Waals surface area contributed by atoms with E-state index in [2.05, 4.69) is 67.5 Å². The van der Waals surface area contributed by atoms with E-state index in [-0.39, 0.29) is 5.78 Å². The highest BCUT2D eigenvalue weighted by molar-refractivity contribution is 9.11. The van der Waals surface area contributed by atoms with E-state index in [1.54, 1.807) is 23.9 Å². The Kier molecular flexibility index (Phi) is 9.91. The summed E-state index contributed by atoms with van der Waals surface area (Å²) in [4.78, 5) is 25.1. The predicted octanol–water partition coefficient (Wildman–Crippen LogP) is 5.95. The lowest BCUT2D eigenvalue weighted by atomic mass is 10.0. The predicted molar refractivity (Wildman–Crippen MR) is 141 cm³/mol. The van der Waals surface area contributed by atoms with Crippen LogP contribution in [0.3, 0.4) is 0 Å². The summed E-state index contributed by atoms with van der Waals surface area (Å²) in [5.41, 5.74) is 1.80. The fraction of sp³-hybridized carbons (Fsp3) is 0.480. The molecule has 2 heterocycles. The summed E-state index contributed by atoms with van der Waals surface area (Å²) >= 11 is 7.20. The molecule has 0 aliphatic heterocycles. The highest BCUT2D eigenvalue weighted by Crippen LogP contribution is 2.36. The number of carbonyl (C=O) groups is 1. The molecule has 3 aromatic rings. The fourth-order valence-electron chi connectivity index (χ4n) is 3.79. The summed E-state index contributed by atoms with van der Waals surface area (Å²) in [6, 6.07) is 3.62. The Hall–Kier alpha value is -1.97. The van der Waals surface area contributed by atoms with Crippen molar-refractivity contribution in [3.8, 4) is 11.5 Å². The first-order valence-corrected chi connectivity index (χ1v) is 13.3. The Balaban J connectivity index is 1.88. The molecule has 9 heteroatoms. The van der Waals surface area contributed by atoms with Gasteiger partial charge in [-0.05, 0) is 76.3 Å². The van der Waals surface area contributed by atoms with Gasteiger partial charge >= 0.3 is 0 Å². The second-order valence-electron chi connectivity index (χ2n) is 8.00. The molecule has 7 nitrogen and oxygen atoms in total. The zero-order valence-corrected chi connectivity index (χ0v) is 23.4. The van der Waals surface area contributed by atoms with Crippen LogP contribution >= 0.6 is 31.9 Å². The van der Waals surface area contributed by atoms with Crippen molar-refractivity contribution in [2.24, 2.45) is 0 Å². The first-order valence-electron chi connectivity index (χ1n) is 11.7. The van der Waals surface area contributed by atoms with Gasteiger partial charge in [0.05, 0.1) is 40.7 Å². The maximum atomic E-state index is 13.7. The molecule has 0 saturated heterocycles. The number of ether oxygens (including phenoxy) is 2. The van der Waals surface area contributed by atoms with E-state index in [0.29, 0.717) is 41.6 Å². The summed E-state index contributed by atoms with van der Waals surface area (Å²) in [6.45, 7) is 10.1.